The molecule has 0 aromatic heterocycles. The minimum Gasteiger partial charge on any atom is -0.497 e. The van der Waals surface area contributed by atoms with Gasteiger partial charge in [0.25, 0.3) is 5.91 Å². The molecule has 1 atom stereocenters. The lowest BCUT2D eigenvalue weighted by Gasteiger charge is -2.13. The summed E-state index contributed by atoms with van der Waals surface area (Å²) < 4.78 is 5.17. The maximum Gasteiger partial charge on any atom is 0.332 e. The van der Waals surface area contributed by atoms with Gasteiger partial charge in [0.1, 0.15) is 5.75 Å². The molecule has 0 heterocycles. The fourth-order valence-electron chi connectivity index (χ4n) is 2.05. The third kappa shape index (κ3) is 3.73. The Hall–Kier alpha value is -2.60. The van der Waals surface area contributed by atoms with Crippen molar-refractivity contribution in [3.63, 3.8) is 0 Å². The van der Waals surface area contributed by atoms with E-state index in [1.165, 1.54) is 0 Å². The van der Waals surface area contributed by atoms with E-state index in [-0.39, 0.29) is 0 Å². The third-order valence-electron chi connectivity index (χ3n) is 3.33. The topological polar surface area (TPSA) is 84.9 Å². The van der Waals surface area contributed by atoms with Gasteiger partial charge in [-0.3, -0.25) is 9.63 Å². The molecule has 0 spiro atoms. The van der Waals surface area contributed by atoms with Crippen LogP contribution in [0.4, 0.5) is 0 Å². The van der Waals surface area contributed by atoms with Crippen LogP contribution >= 0.6 is 0 Å². The molecule has 0 aliphatic carbocycles. The molecular formula is C16H17NO5. The first-order valence-corrected chi connectivity index (χ1v) is 6.72. The number of benzene rings is 2. The van der Waals surface area contributed by atoms with E-state index in [9.17, 15) is 9.59 Å². The molecule has 0 aliphatic rings. The predicted molar refractivity (Wildman–Crippen MR) is 80.6 cm³/mol. The summed E-state index contributed by atoms with van der Waals surface area (Å²) in [5, 5.41) is 10.5. The minimum absolute atomic E-state index is 0.394. The first-order valence-electron chi connectivity index (χ1n) is 6.72. The molecule has 0 saturated heterocycles. The van der Waals surface area contributed by atoms with Crippen LogP contribution in [0, 0.1) is 0 Å². The zero-order chi connectivity index (χ0) is 16.1. The van der Waals surface area contributed by atoms with Crippen molar-refractivity contribution in [2.24, 2.45) is 0 Å². The third-order valence-corrected chi connectivity index (χ3v) is 3.33. The molecule has 1 amide bonds. The first kappa shape index (κ1) is 15.8. The predicted octanol–water partition coefficient (Wildman–Crippen LogP) is 2.08. The molecule has 0 aliphatic heterocycles. The van der Waals surface area contributed by atoms with Crippen molar-refractivity contribution in [2.75, 3.05) is 13.7 Å². The van der Waals surface area contributed by atoms with Crippen LogP contribution < -0.4 is 10.2 Å². The second-order valence-electron chi connectivity index (χ2n) is 4.84. The molecule has 2 rings (SSSR count). The van der Waals surface area contributed by atoms with Crippen LogP contribution in [0.15, 0.2) is 36.4 Å². The average molecular weight is 303 g/mol. The molecule has 6 nitrogen and oxygen atoms in total. The number of amides is 1. The van der Waals surface area contributed by atoms with Crippen molar-refractivity contribution < 1.29 is 24.3 Å². The fourth-order valence-corrected chi connectivity index (χ4v) is 2.05. The molecule has 6 heteroatoms. The zero-order valence-electron chi connectivity index (χ0n) is 12.3. The Labute approximate surface area is 127 Å². The molecule has 22 heavy (non-hydrogen) atoms. The van der Waals surface area contributed by atoms with Gasteiger partial charge in [0.05, 0.1) is 13.0 Å². The number of carbonyl (C=O) groups is 2. The average Bonchev–Trinajstić information content (AvgIpc) is 2.52. The van der Waals surface area contributed by atoms with E-state index < -0.39 is 24.4 Å². The molecule has 0 fully saturated rings. The van der Waals surface area contributed by atoms with Gasteiger partial charge < -0.3 is 9.84 Å². The Kier molecular flexibility index (Phi) is 4.95. The summed E-state index contributed by atoms with van der Waals surface area (Å²) in [6, 6.07) is 11.4. The summed E-state index contributed by atoms with van der Waals surface area (Å²) in [7, 11) is 1.61. The van der Waals surface area contributed by atoms with Gasteiger partial charge in [-0.25, -0.2) is 10.3 Å². The summed E-state index contributed by atoms with van der Waals surface area (Å²) in [5.74, 6) is -1.23. The summed E-state index contributed by atoms with van der Waals surface area (Å²) in [4.78, 5) is 26.8. The van der Waals surface area contributed by atoms with Gasteiger partial charge >= 0.3 is 5.97 Å². The van der Waals surface area contributed by atoms with E-state index in [4.69, 9.17) is 9.84 Å². The second kappa shape index (κ2) is 6.91. The number of rotatable bonds is 6. The van der Waals surface area contributed by atoms with Crippen LogP contribution in [0.1, 0.15) is 18.4 Å². The van der Waals surface area contributed by atoms with E-state index >= 15 is 0 Å². The molecule has 0 radical (unpaired) electrons. The van der Waals surface area contributed by atoms with Gasteiger partial charge in [0.2, 0.25) is 0 Å². The van der Waals surface area contributed by atoms with Gasteiger partial charge in [0, 0.05) is 0 Å². The van der Waals surface area contributed by atoms with E-state index in [0.717, 1.165) is 22.1 Å². The number of ether oxygens (including phenoxy) is 1. The lowest BCUT2D eigenvalue weighted by molar-refractivity contribution is -0.149. The van der Waals surface area contributed by atoms with Gasteiger partial charge in [-0.2, -0.15) is 0 Å². The highest BCUT2D eigenvalue weighted by atomic mass is 16.7. The van der Waals surface area contributed by atoms with E-state index in [1.807, 2.05) is 36.4 Å². The van der Waals surface area contributed by atoms with Crippen molar-refractivity contribution >= 4 is 22.6 Å². The Morgan fingerprint density at radius 1 is 1.18 bits per heavy atom. The Balaban J connectivity index is 2.12. The molecule has 2 N–H and O–H groups in total. The maximum atomic E-state index is 11.9. The summed E-state index contributed by atoms with van der Waals surface area (Å²) in [6.07, 6.45) is 0. The number of aliphatic carboxylic acids is 1. The number of carbonyl (C=O) groups excluding carboxylic acids is 1. The van der Waals surface area contributed by atoms with E-state index in [0.29, 0.717) is 0 Å². The monoisotopic (exact) mass is 303 g/mol. The van der Waals surface area contributed by atoms with Crippen LogP contribution in [0.5, 0.6) is 5.75 Å². The smallest absolute Gasteiger partial charge is 0.332 e. The molecule has 0 bridgehead atoms. The van der Waals surface area contributed by atoms with Crippen LogP contribution in [0.3, 0.4) is 0 Å². The van der Waals surface area contributed by atoms with Crippen LogP contribution in [-0.2, 0) is 14.4 Å². The van der Waals surface area contributed by atoms with Gasteiger partial charge in [-0.1, -0.05) is 24.3 Å². The lowest BCUT2D eigenvalue weighted by atomic mass is 9.97. The lowest BCUT2D eigenvalue weighted by Crippen LogP contribution is -2.30. The first-order chi connectivity index (χ1) is 10.5. The number of methoxy groups -OCH3 is 1. The second-order valence-corrected chi connectivity index (χ2v) is 4.84. The van der Waals surface area contributed by atoms with E-state index in [2.05, 4.69) is 10.3 Å². The highest BCUT2D eigenvalue weighted by Gasteiger charge is 2.16. The minimum atomic E-state index is -1.15. The number of carboxylic acid groups (broad SMARTS) is 1. The number of fused-ring (bicyclic) bond motifs is 1. The van der Waals surface area contributed by atoms with Gasteiger partial charge in [0.15, 0.2) is 6.61 Å². The Morgan fingerprint density at radius 2 is 1.86 bits per heavy atom. The molecule has 2 aromatic rings. The van der Waals surface area contributed by atoms with Gasteiger partial charge in [-0.05, 0) is 35.4 Å². The van der Waals surface area contributed by atoms with Gasteiger partial charge in [-0.15, -0.1) is 0 Å². The zero-order valence-corrected chi connectivity index (χ0v) is 12.3. The maximum absolute atomic E-state index is 11.9. The standard InChI is InChI=1S/C16H17NO5/c1-10(16(20)17-22-9-15(18)19)11-3-4-13-8-14(21-2)6-5-12(13)7-11/h3-8,10H,9H2,1-2H3,(H,17,20)(H,18,19). The van der Waals surface area contributed by atoms with Crippen LogP contribution in [0.25, 0.3) is 10.8 Å². The molecule has 0 saturated carbocycles. The normalized spacial score (nSPS) is 11.9. The van der Waals surface area contributed by atoms with Crippen molar-refractivity contribution in [3.8, 4) is 5.75 Å². The summed E-state index contributed by atoms with van der Waals surface area (Å²) in [6.45, 7) is 1.15. The fraction of sp³-hybridized carbons (Fsp3) is 0.250. The molecule has 1 unspecified atom stereocenters. The molecular weight excluding hydrogens is 286 g/mol. The largest absolute Gasteiger partial charge is 0.497 e. The Morgan fingerprint density at radius 3 is 2.55 bits per heavy atom. The summed E-state index contributed by atoms with van der Waals surface area (Å²) in [5.41, 5.74) is 2.95. The number of hydrogen-bond acceptors (Lipinski definition) is 4. The van der Waals surface area contributed by atoms with Crippen molar-refractivity contribution in [3.05, 3.63) is 42.0 Å². The molecule has 2 aromatic carbocycles. The van der Waals surface area contributed by atoms with Crippen LogP contribution in [-0.4, -0.2) is 30.7 Å². The number of hydrogen-bond donors (Lipinski definition) is 2. The molecule has 116 valence electrons. The SMILES string of the molecule is COc1ccc2cc(C(C)C(=O)NOCC(=O)O)ccc2c1. The number of carboxylic acids is 1. The highest BCUT2D eigenvalue weighted by Crippen LogP contribution is 2.25. The van der Waals surface area contributed by atoms with Crippen molar-refractivity contribution in [1.29, 1.82) is 0 Å². The highest BCUT2D eigenvalue weighted by molar-refractivity contribution is 5.88. The number of hydroxylamine groups is 1. The number of nitrogens with one attached hydrogen (secondary N) is 1. The quantitative estimate of drug-likeness (QED) is 0.798. The summed E-state index contributed by atoms with van der Waals surface area (Å²) >= 11 is 0. The van der Waals surface area contributed by atoms with Crippen LogP contribution in [0.2, 0.25) is 0 Å². The van der Waals surface area contributed by atoms with Crippen molar-refractivity contribution in [1.82, 2.24) is 5.48 Å². The van der Waals surface area contributed by atoms with Crippen molar-refractivity contribution in [2.45, 2.75) is 12.8 Å². The Bertz CT molecular complexity index is 698. The van der Waals surface area contributed by atoms with E-state index in [1.54, 1.807) is 14.0 Å².